The first-order valence-electron chi connectivity index (χ1n) is 7.41. The number of aliphatic hydroxyl groups is 1. The van der Waals surface area contributed by atoms with E-state index in [1.165, 1.54) is 0 Å². The normalized spacial score (nSPS) is 26.1. The molecule has 0 aliphatic heterocycles. The lowest BCUT2D eigenvalue weighted by atomic mass is 9.87. The molecular formula is C15H28O3. The number of hydrogen-bond acceptors (Lipinski definition) is 3. The van der Waals surface area contributed by atoms with Crippen molar-refractivity contribution in [1.29, 1.82) is 0 Å². The minimum Gasteiger partial charge on any atom is -0.462 e. The van der Waals surface area contributed by atoms with Crippen molar-refractivity contribution < 1.29 is 14.6 Å². The molecule has 1 unspecified atom stereocenters. The molecule has 0 aromatic carbocycles. The number of aliphatic hydroxyl groups excluding tert-OH is 1. The standard InChI is InChI=1S/C15H28O3/c1-4-14(10-5-11(2)3)18-15(17)12-6-8-13(16)9-7-12/h11-14,16H,4-10H2,1-3H3. The summed E-state index contributed by atoms with van der Waals surface area (Å²) in [6.07, 6.45) is 5.87. The molecule has 1 aliphatic carbocycles. The lowest BCUT2D eigenvalue weighted by molar-refractivity contribution is -0.156. The maximum atomic E-state index is 12.0. The molecule has 0 amide bonds. The van der Waals surface area contributed by atoms with E-state index in [9.17, 15) is 9.90 Å². The molecule has 1 aliphatic rings. The fourth-order valence-electron chi connectivity index (χ4n) is 2.44. The minimum absolute atomic E-state index is 0.0153. The number of carbonyl (C=O) groups excluding carboxylic acids is 1. The molecule has 0 bridgehead atoms. The van der Waals surface area contributed by atoms with Gasteiger partial charge in [-0.15, -0.1) is 0 Å². The summed E-state index contributed by atoms with van der Waals surface area (Å²) >= 11 is 0. The Morgan fingerprint density at radius 1 is 1.22 bits per heavy atom. The maximum absolute atomic E-state index is 12.0. The van der Waals surface area contributed by atoms with Gasteiger partial charge in [0.25, 0.3) is 0 Å². The number of rotatable bonds is 6. The van der Waals surface area contributed by atoms with Crippen LogP contribution in [0.4, 0.5) is 0 Å². The number of hydrogen-bond donors (Lipinski definition) is 1. The van der Waals surface area contributed by atoms with Gasteiger partial charge in [0.15, 0.2) is 0 Å². The summed E-state index contributed by atoms with van der Waals surface area (Å²) in [5.74, 6) is 0.626. The van der Waals surface area contributed by atoms with Crippen LogP contribution < -0.4 is 0 Å². The highest BCUT2D eigenvalue weighted by atomic mass is 16.5. The summed E-state index contributed by atoms with van der Waals surface area (Å²) in [5, 5.41) is 9.43. The van der Waals surface area contributed by atoms with Crippen molar-refractivity contribution in [3.63, 3.8) is 0 Å². The van der Waals surface area contributed by atoms with Gasteiger partial charge in [-0.2, -0.15) is 0 Å². The van der Waals surface area contributed by atoms with Crippen LogP contribution in [0.3, 0.4) is 0 Å². The summed E-state index contributed by atoms with van der Waals surface area (Å²) in [6.45, 7) is 6.46. The Morgan fingerprint density at radius 2 is 1.83 bits per heavy atom. The molecule has 18 heavy (non-hydrogen) atoms. The van der Waals surface area contributed by atoms with Crippen molar-refractivity contribution in [2.75, 3.05) is 0 Å². The van der Waals surface area contributed by atoms with Gasteiger partial charge >= 0.3 is 5.97 Å². The minimum atomic E-state index is -0.211. The maximum Gasteiger partial charge on any atom is 0.309 e. The Balaban J connectivity index is 2.32. The lowest BCUT2D eigenvalue weighted by Crippen LogP contribution is -2.29. The molecule has 1 rings (SSSR count). The zero-order valence-electron chi connectivity index (χ0n) is 12.0. The first kappa shape index (κ1) is 15.5. The van der Waals surface area contributed by atoms with Crippen molar-refractivity contribution in [3.8, 4) is 0 Å². The average Bonchev–Trinajstić information content (AvgIpc) is 2.34. The van der Waals surface area contributed by atoms with E-state index in [-0.39, 0.29) is 24.1 Å². The number of ether oxygens (including phenoxy) is 1. The lowest BCUT2D eigenvalue weighted by Gasteiger charge is -2.26. The van der Waals surface area contributed by atoms with Crippen LogP contribution in [0.5, 0.6) is 0 Å². The van der Waals surface area contributed by atoms with E-state index in [1.807, 2.05) is 0 Å². The van der Waals surface area contributed by atoms with Crippen LogP contribution in [-0.2, 0) is 9.53 Å². The molecule has 1 N–H and O–H groups in total. The summed E-state index contributed by atoms with van der Waals surface area (Å²) in [4.78, 5) is 12.0. The van der Waals surface area contributed by atoms with Crippen molar-refractivity contribution >= 4 is 5.97 Å². The van der Waals surface area contributed by atoms with E-state index >= 15 is 0 Å². The van der Waals surface area contributed by atoms with Crippen LogP contribution >= 0.6 is 0 Å². The fourth-order valence-corrected chi connectivity index (χ4v) is 2.44. The molecular weight excluding hydrogens is 228 g/mol. The molecule has 0 spiro atoms. The summed E-state index contributed by atoms with van der Waals surface area (Å²) in [5.41, 5.74) is 0. The molecule has 106 valence electrons. The van der Waals surface area contributed by atoms with E-state index in [2.05, 4.69) is 20.8 Å². The Bertz CT molecular complexity index is 242. The molecule has 0 aromatic heterocycles. The van der Waals surface area contributed by atoms with E-state index in [1.54, 1.807) is 0 Å². The molecule has 3 nitrogen and oxygen atoms in total. The topological polar surface area (TPSA) is 46.5 Å². The predicted octanol–water partition coefficient (Wildman–Crippen LogP) is 3.30. The summed E-state index contributed by atoms with van der Waals surface area (Å²) in [7, 11) is 0. The molecule has 0 aromatic rings. The van der Waals surface area contributed by atoms with Crippen LogP contribution in [0.1, 0.15) is 65.7 Å². The van der Waals surface area contributed by atoms with Gasteiger partial charge in [0.05, 0.1) is 12.0 Å². The van der Waals surface area contributed by atoms with Gasteiger partial charge in [0.2, 0.25) is 0 Å². The molecule has 3 heteroatoms. The summed E-state index contributed by atoms with van der Waals surface area (Å²) in [6, 6.07) is 0. The van der Waals surface area contributed by atoms with Gasteiger partial charge in [0, 0.05) is 0 Å². The van der Waals surface area contributed by atoms with Crippen molar-refractivity contribution in [2.24, 2.45) is 11.8 Å². The van der Waals surface area contributed by atoms with Crippen molar-refractivity contribution in [1.82, 2.24) is 0 Å². The smallest absolute Gasteiger partial charge is 0.309 e. The molecule has 1 fully saturated rings. The van der Waals surface area contributed by atoms with Gasteiger partial charge in [-0.05, 0) is 50.9 Å². The monoisotopic (exact) mass is 256 g/mol. The van der Waals surface area contributed by atoms with Crippen LogP contribution in [0, 0.1) is 11.8 Å². The third-order valence-electron chi connectivity index (χ3n) is 3.83. The van der Waals surface area contributed by atoms with E-state index in [0.717, 1.165) is 44.9 Å². The largest absolute Gasteiger partial charge is 0.462 e. The quantitative estimate of drug-likeness (QED) is 0.742. The number of esters is 1. The third kappa shape index (κ3) is 5.38. The van der Waals surface area contributed by atoms with E-state index < -0.39 is 0 Å². The van der Waals surface area contributed by atoms with E-state index in [0.29, 0.717) is 5.92 Å². The van der Waals surface area contributed by atoms with Gasteiger partial charge in [-0.25, -0.2) is 0 Å². The van der Waals surface area contributed by atoms with Crippen molar-refractivity contribution in [3.05, 3.63) is 0 Å². The molecule has 1 saturated carbocycles. The Hall–Kier alpha value is -0.570. The fraction of sp³-hybridized carbons (Fsp3) is 0.933. The average molecular weight is 256 g/mol. The second-order valence-corrected chi connectivity index (χ2v) is 5.94. The Labute approximate surface area is 111 Å². The predicted molar refractivity (Wildman–Crippen MR) is 72.2 cm³/mol. The zero-order valence-corrected chi connectivity index (χ0v) is 12.0. The molecule has 1 atom stereocenters. The second-order valence-electron chi connectivity index (χ2n) is 5.94. The highest BCUT2D eigenvalue weighted by Gasteiger charge is 2.27. The Kier molecular flexibility index (Phi) is 6.69. The van der Waals surface area contributed by atoms with Gasteiger partial charge in [-0.1, -0.05) is 20.8 Å². The highest BCUT2D eigenvalue weighted by molar-refractivity contribution is 5.72. The first-order chi connectivity index (χ1) is 8.52. The second kappa shape index (κ2) is 7.78. The molecule has 0 radical (unpaired) electrons. The third-order valence-corrected chi connectivity index (χ3v) is 3.83. The van der Waals surface area contributed by atoms with Crippen LogP contribution in [0.15, 0.2) is 0 Å². The highest BCUT2D eigenvalue weighted by Crippen LogP contribution is 2.26. The van der Waals surface area contributed by atoms with Gasteiger partial charge in [0.1, 0.15) is 6.10 Å². The van der Waals surface area contributed by atoms with E-state index in [4.69, 9.17) is 4.74 Å². The molecule has 0 heterocycles. The Morgan fingerprint density at radius 3 is 2.33 bits per heavy atom. The first-order valence-corrected chi connectivity index (χ1v) is 7.41. The number of carbonyl (C=O) groups is 1. The SMILES string of the molecule is CCC(CCC(C)C)OC(=O)C1CCC(O)CC1. The van der Waals surface area contributed by atoms with Gasteiger partial charge in [-0.3, -0.25) is 4.79 Å². The molecule has 0 saturated heterocycles. The zero-order chi connectivity index (χ0) is 13.5. The van der Waals surface area contributed by atoms with Crippen LogP contribution in [0.2, 0.25) is 0 Å². The summed E-state index contributed by atoms with van der Waals surface area (Å²) < 4.78 is 5.60. The van der Waals surface area contributed by atoms with Crippen LogP contribution in [0.25, 0.3) is 0 Å². The van der Waals surface area contributed by atoms with Crippen molar-refractivity contribution in [2.45, 2.75) is 77.9 Å². The van der Waals surface area contributed by atoms with Crippen LogP contribution in [-0.4, -0.2) is 23.3 Å². The van der Waals surface area contributed by atoms with Gasteiger partial charge < -0.3 is 9.84 Å².